The number of alkyl halides is 1. The van der Waals surface area contributed by atoms with Crippen LogP contribution in [-0.4, -0.2) is 17.0 Å². The maximum absolute atomic E-state index is 8.47. The summed E-state index contributed by atoms with van der Waals surface area (Å²) in [5.41, 5.74) is 0. The predicted molar refractivity (Wildman–Crippen MR) is 43.9 cm³/mol. The molecule has 0 fully saturated rings. The molecule has 2 heteroatoms. The highest BCUT2D eigenvalue weighted by Gasteiger charge is 1.98. The highest BCUT2D eigenvalue weighted by atomic mass is 79.9. The quantitative estimate of drug-likeness (QED) is 0.666. The van der Waals surface area contributed by atoms with Gasteiger partial charge in [-0.25, -0.2) is 0 Å². The van der Waals surface area contributed by atoms with E-state index in [1.54, 1.807) is 0 Å². The van der Waals surface area contributed by atoms with Gasteiger partial charge in [0.05, 0.1) is 0 Å². The molecule has 0 heterocycles. The van der Waals surface area contributed by atoms with Gasteiger partial charge >= 0.3 is 0 Å². The zero-order valence-electron chi connectivity index (χ0n) is 5.94. The highest BCUT2D eigenvalue weighted by Crippen LogP contribution is 2.10. The van der Waals surface area contributed by atoms with Crippen molar-refractivity contribution in [1.82, 2.24) is 0 Å². The highest BCUT2D eigenvalue weighted by molar-refractivity contribution is 9.09. The Kier molecular flexibility index (Phi) is 6.88. The van der Waals surface area contributed by atoms with E-state index in [-0.39, 0.29) is 0 Å². The molecule has 0 aromatic carbocycles. The van der Waals surface area contributed by atoms with Gasteiger partial charge in [0.15, 0.2) is 0 Å². The van der Waals surface area contributed by atoms with Gasteiger partial charge in [-0.3, -0.25) is 0 Å². The van der Waals surface area contributed by atoms with Gasteiger partial charge in [-0.05, 0) is 25.2 Å². The smallest absolute Gasteiger partial charge is 0.0431 e. The van der Waals surface area contributed by atoms with Crippen molar-refractivity contribution in [3.8, 4) is 0 Å². The third-order valence-corrected chi connectivity index (χ3v) is 1.91. The first-order valence-electron chi connectivity index (χ1n) is 3.48. The molecular formula is C7H15BrO. The molecule has 0 aromatic rings. The summed E-state index contributed by atoms with van der Waals surface area (Å²) in [5, 5.41) is 9.55. The van der Waals surface area contributed by atoms with E-state index in [9.17, 15) is 0 Å². The van der Waals surface area contributed by atoms with Crippen LogP contribution in [0.15, 0.2) is 0 Å². The number of hydrogen-bond donors (Lipinski definition) is 1. The zero-order chi connectivity index (χ0) is 7.11. The van der Waals surface area contributed by atoms with Crippen LogP contribution in [0.2, 0.25) is 0 Å². The zero-order valence-corrected chi connectivity index (χ0v) is 7.52. The minimum Gasteiger partial charge on any atom is -0.396 e. The van der Waals surface area contributed by atoms with E-state index >= 15 is 0 Å². The molecule has 0 aliphatic carbocycles. The molecule has 0 aliphatic heterocycles. The van der Waals surface area contributed by atoms with Crippen LogP contribution in [0.3, 0.4) is 0 Å². The van der Waals surface area contributed by atoms with Gasteiger partial charge in [0.25, 0.3) is 0 Å². The van der Waals surface area contributed by atoms with E-state index < -0.39 is 0 Å². The molecule has 0 amide bonds. The van der Waals surface area contributed by atoms with Crippen LogP contribution >= 0.6 is 15.9 Å². The van der Waals surface area contributed by atoms with Crippen LogP contribution in [0.1, 0.15) is 26.2 Å². The molecule has 9 heavy (non-hydrogen) atoms. The molecule has 1 nitrogen and oxygen atoms in total. The first kappa shape index (κ1) is 9.44. The topological polar surface area (TPSA) is 20.2 Å². The summed E-state index contributed by atoms with van der Waals surface area (Å²) in [6.07, 6.45) is 3.33. The summed E-state index contributed by atoms with van der Waals surface area (Å²) in [4.78, 5) is 0. The maximum atomic E-state index is 8.47. The standard InChI is InChI=1S/C7H15BrO/c1-7(4-5-8)3-2-6-9/h7,9H,2-6H2,1H3/t7-/m0/s1. The van der Waals surface area contributed by atoms with Crippen LogP contribution in [0.25, 0.3) is 0 Å². The number of aliphatic hydroxyl groups excluding tert-OH is 1. The van der Waals surface area contributed by atoms with Crippen molar-refractivity contribution < 1.29 is 5.11 Å². The Labute approximate surface area is 65.6 Å². The third kappa shape index (κ3) is 6.32. The lowest BCUT2D eigenvalue weighted by Crippen LogP contribution is -1.96. The average Bonchev–Trinajstić information content (AvgIpc) is 1.85. The van der Waals surface area contributed by atoms with Crippen molar-refractivity contribution in [3.05, 3.63) is 0 Å². The fraction of sp³-hybridized carbons (Fsp3) is 1.00. The molecule has 0 aliphatic rings. The molecule has 0 saturated heterocycles. The van der Waals surface area contributed by atoms with E-state index in [1.807, 2.05) is 0 Å². The second-order valence-corrected chi connectivity index (χ2v) is 3.24. The molecule has 0 unspecified atom stereocenters. The SMILES string of the molecule is C[C@H](CCBr)CCCO. The van der Waals surface area contributed by atoms with Gasteiger partial charge in [0.2, 0.25) is 0 Å². The first-order chi connectivity index (χ1) is 4.31. The summed E-state index contributed by atoms with van der Waals surface area (Å²) in [6.45, 7) is 2.56. The fourth-order valence-corrected chi connectivity index (χ4v) is 1.55. The Morgan fingerprint density at radius 1 is 1.44 bits per heavy atom. The summed E-state index contributed by atoms with van der Waals surface area (Å²) < 4.78 is 0. The second-order valence-electron chi connectivity index (χ2n) is 2.45. The monoisotopic (exact) mass is 194 g/mol. The molecule has 0 aromatic heterocycles. The number of aliphatic hydroxyl groups is 1. The molecule has 0 saturated carbocycles. The Hall–Kier alpha value is 0.440. The van der Waals surface area contributed by atoms with Crippen molar-refractivity contribution in [2.45, 2.75) is 26.2 Å². The maximum Gasteiger partial charge on any atom is 0.0431 e. The first-order valence-corrected chi connectivity index (χ1v) is 4.60. The van der Waals surface area contributed by atoms with E-state index in [2.05, 4.69) is 22.9 Å². The van der Waals surface area contributed by atoms with Crippen molar-refractivity contribution >= 4 is 15.9 Å². The van der Waals surface area contributed by atoms with E-state index in [0.29, 0.717) is 6.61 Å². The Morgan fingerprint density at radius 3 is 2.56 bits per heavy atom. The fourth-order valence-electron chi connectivity index (χ4n) is 0.770. The van der Waals surface area contributed by atoms with E-state index in [4.69, 9.17) is 5.11 Å². The van der Waals surface area contributed by atoms with E-state index in [0.717, 1.165) is 24.1 Å². The number of halogens is 1. The minimum atomic E-state index is 0.340. The van der Waals surface area contributed by atoms with Gasteiger partial charge in [0, 0.05) is 11.9 Å². The molecule has 1 N–H and O–H groups in total. The molecule has 0 rings (SSSR count). The Morgan fingerprint density at radius 2 is 2.11 bits per heavy atom. The third-order valence-electron chi connectivity index (χ3n) is 1.46. The van der Waals surface area contributed by atoms with Crippen LogP contribution in [0.4, 0.5) is 0 Å². The van der Waals surface area contributed by atoms with Crippen molar-refractivity contribution in [2.75, 3.05) is 11.9 Å². The van der Waals surface area contributed by atoms with Crippen molar-refractivity contribution in [2.24, 2.45) is 5.92 Å². The largest absolute Gasteiger partial charge is 0.396 e. The lowest BCUT2D eigenvalue weighted by Gasteiger charge is -2.06. The van der Waals surface area contributed by atoms with Crippen LogP contribution in [0.5, 0.6) is 0 Å². The lowest BCUT2D eigenvalue weighted by atomic mass is 10.0. The minimum absolute atomic E-state index is 0.340. The molecule has 0 spiro atoms. The van der Waals surface area contributed by atoms with Crippen LogP contribution in [-0.2, 0) is 0 Å². The van der Waals surface area contributed by atoms with Crippen LogP contribution < -0.4 is 0 Å². The Balaban J connectivity index is 2.95. The second kappa shape index (κ2) is 6.56. The normalized spacial score (nSPS) is 13.7. The summed E-state index contributed by atoms with van der Waals surface area (Å²) in [5.74, 6) is 0.761. The van der Waals surface area contributed by atoms with Gasteiger partial charge < -0.3 is 5.11 Å². The molecule has 56 valence electrons. The molecular weight excluding hydrogens is 180 g/mol. The molecule has 0 bridgehead atoms. The van der Waals surface area contributed by atoms with Gasteiger partial charge in [-0.1, -0.05) is 22.9 Å². The van der Waals surface area contributed by atoms with Crippen molar-refractivity contribution in [1.29, 1.82) is 0 Å². The molecule has 0 radical (unpaired) electrons. The summed E-state index contributed by atoms with van der Waals surface area (Å²) in [7, 11) is 0. The number of hydrogen-bond acceptors (Lipinski definition) is 1. The average molecular weight is 195 g/mol. The van der Waals surface area contributed by atoms with Gasteiger partial charge in [-0.15, -0.1) is 0 Å². The van der Waals surface area contributed by atoms with Gasteiger partial charge in [0.1, 0.15) is 0 Å². The summed E-state index contributed by atoms with van der Waals surface area (Å²) >= 11 is 3.38. The lowest BCUT2D eigenvalue weighted by molar-refractivity contribution is 0.273. The van der Waals surface area contributed by atoms with Crippen LogP contribution in [0, 0.1) is 5.92 Å². The summed E-state index contributed by atoms with van der Waals surface area (Å²) in [6, 6.07) is 0. The number of rotatable bonds is 5. The molecule has 1 atom stereocenters. The van der Waals surface area contributed by atoms with E-state index in [1.165, 1.54) is 6.42 Å². The Bertz CT molecular complexity index is 56.9. The van der Waals surface area contributed by atoms with Gasteiger partial charge in [-0.2, -0.15) is 0 Å². The predicted octanol–water partition coefficient (Wildman–Crippen LogP) is 2.18. The van der Waals surface area contributed by atoms with Crippen molar-refractivity contribution in [3.63, 3.8) is 0 Å².